The highest BCUT2D eigenvalue weighted by atomic mass is 35.5. The van der Waals surface area contributed by atoms with Gasteiger partial charge in [0.2, 0.25) is 0 Å². The zero-order valence-corrected chi connectivity index (χ0v) is 10.1. The molecule has 2 heteroatoms. The second kappa shape index (κ2) is 6.14. The molecular weight excluding hydrogens is 206 g/mol. The summed E-state index contributed by atoms with van der Waals surface area (Å²) in [6.45, 7) is 3.38. The first-order valence-corrected chi connectivity index (χ1v) is 5.72. The van der Waals surface area contributed by atoms with E-state index in [0.29, 0.717) is 6.04 Å². The first kappa shape index (κ1) is 12.5. The Hall–Kier alpha value is -0.530. The summed E-state index contributed by atoms with van der Waals surface area (Å²) in [5.74, 6) is 0. The predicted octanol–water partition coefficient (Wildman–Crippen LogP) is 3.49. The third-order valence-corrected chi connectivity index (χ3v) is 3.10. The molecule has 84 valence electrons. The SMILES string of the molecule is CCc1ccc([C@H]2CCCCN2)cc1.Cl. The fraction of sp³-hybridized carbons (Fsp3) is 0.538. The summed E-state index contributed by atoms with van der Waals surface area (Å²) in [6.07, 6.45) is 5.14. The molecule has 0 saturated carbocycles. The quantitative estimate of drug-likeness (QED) is 0.813. The van der Waals surface area contributed by atoms with Crippen LogP contribution in [0.5, 0.6) is 0 Å². The van der Waals surface area contributed by atoms with Gasteiger partial charge in [-0.1, -0.05) is 37.6 Å². The van der Waals surface area contributed by atoms with Crippen LogP contribution in [0.1, 0.15) is 43.4 Å². The molecule has 0 radical (unpaired) electrons. The standard InChI is InChI=1S/C13H19N.ClH/c1-2-11-6-8-12(9-7-11)13-5-3-4-10-14-13;/h6-9,13-14H,2-5,10H2,1H3;1H/t13-;/m1./s1. The van der Waals surface area contributed by atoms with E-state index >= 15 is 0 Å². The third-order valence-electron chi connectivity index (χ3n) is 3.10. The molecule has 1 aliphatic heterocycles. The Balaban J connectivity index is 0.00000112. The van der Waals surface area contributed by atoms with E-state index in [2.05, 4.69) is 36.5 Å². The smallest absolute Gasteiger partial charge is 0.0320 e. The van der Waals surface area contributed by atoms with Gasteiger partial charge in [0.15, 0.2) is 0 Å². The van der Waals surface area contributed by atoms with Gasteiger partial charge in [0.25, 0.3) is 0 Å². The summed E-state index contributed by atoms with van der Waals surface area (Å²) in [4.78, 5) is 0. The van der Waals surface area contributed by atoms with Gasteiger partial charge in [0.05, 0.1) is 0 Å². The molecule has 15 heavy (non-hydrogen) atoms. The first-order valence-electron chi connectivity index (χ1n) is 5.72. The molecule has 1 nitrogen and oxygen atoms in total. The lowest BCUT2D eigenvalue weighted by Crippen LogP contribution is -2.26. The molecule has 1 saturated heterocycles. The number of aryl methyl sites for hydroxylation is 1. The van der Waals surface area contributed by atoms with Crippen LogP contribution in [0.2, 0.25) is 0 Å². The maximum Gasteiger partial charge on any atom is 0.0320 e. The van der Waals surface area contributed by atoms with Crippen molar-refractivity contribution in [3.05, 3.63) is 35.4 Å². The lowest BCUT2D eigenvalue weighted by atomic mass is 9.96. The summed E-state index contributed by atoms with van der Waals surface area (Å²) in [5, 5.41) is 3.57. The van der Waals surface area contributed by atoms with E-state index in [1.165, 1.54) is 36.9 Å². The average molecular weight is 226 g/mol. The van der Waals surface area contributed by atoms with Crippen molar-refractivity contribution in [3.8, 4) is 0 Å². The second-order valence-electron chi connectivity index (χ2n) is 4.10. The van der Waals surface area contributed by atoms with Crippen molar-refractivity contribution < 1.29 is 0 Å². The number of halogens is 1. The number of benzene rings is 1. The monoisotopic (exact) mass is 225 g/mol. The van der Waals surface area contributed by atoms with E-state index in [0.717, 1.165) is 6.42 Å². The van der Waals surface area contributed by atoms with Crippen LogP contribution in [0.25, 0.3) is 0 Å². The number of nitrogens with one attached hydrogen (secondary N) is 1. The Kier molecular flexibility index (Phi) is 5.13. The van der Waals surface area contributed by atoms with Crippen LogP contribution in [0, 0.1) is 0 Å². The van der Waals surface area contributed by atoms with Gasteiger partial charge in [-0.15, -0.1) is 12.4 Å². The van der Waals surface area contributed by atoms with Crippen LogP contribution in [-0.4, -0.2) is 6.54 Å². The number of rotatable bonds is 2. The summed E-state index contributed by atoms with van der Waals surface area (Å²) in [7, 11) is 0. The summed E-state index contributed by atoms with van der Waals surface area (Å²) < 4.78 is 0. The van der Waals surface area contributed by atoms with Crippen molar-refractivity contribution in [1.82, 2.24) is 5.32 Å². The first-order chi connectivity index (χ1) is 6.90. The molecule has 1 aliphatic rings. The van der Waals surface area contributed by atoms with Crippen LogP contribution in [0.4, 0.5) is 0 Å². The van der Waals surface area contributed by atoms with Gasteiger partial charge in [0.1, 0.15) is 0 Å². The van der Waals surface area contributed by atoms with E-state index in [1.807, 2.05) is 0 Å². The van der Waals surface area contributed by atoms with E-state index in [4.69, 9.17) is 0 Å². The highest BCUT2D eigenvalue weighted by Gasteiger charge is 2.13. The molecule has 0 amide bonds. The fourth-order valence-corrected chi connectivity index (χ4v) is 2.12. The number of hydrogen-bond donors (Lipinski definition) is 1. The van der Waals surface area contributed by atoms with Crippen LogP contribution in [0.3, 0.4) is 0 Å². The minimum atomic E-state index is 0. The van der Waals surface area contributed by atoms with Gasteiger partial charge >= 0.3 is 0 Å². The van der Waals surface area contributed by atoms with E-state index < -0.39 is 0 Å². The van der Waals surface area contributed by atoms with Gasteiger partial charge in [0, 0.05) is 6.04 Å². The zero-order valence-electron chi connectivity index (χ0n) is 9.33. The Labute approximate surface area is 98.7 Å². The predicted molar refractivity (Wildman–Crippen MR) is 67.7 cm³/mol. The van der Waals surface area contributed by atoms with Crippen molar-refractivity contribution in [2.45, 2.75) is 38.6 Å². The normalized spacial score (nSPS) is 20.7. The molecule has 1 aromatic rings. The lowest BCUT2D eigenvalue weighted by molar-refractivity contribution is 0.412. The molecule has 0 bridgehead atoms. The highest BCUT2D eigenvalue weighted by molar-refractivity contribution is 5.85. The molecule has 1 N–H and O–H groups in total. The number of piperidine rings is 1. The fourth-order valence-electron chi connectivity index (χ4n) is 2.12. The summed E-state index contributed by atoms with van der Waals surface area (Å²) in [5.41, 5.74) is 2.89. The summed E-state index contributed by atoms with van der Waals surface area (Å²) >= 11 is 0. The minimum Gasteiger partial charge on any atom is -0.310 e. The molecule has 0 spiro atoms. The van der Waals surface area contributed by atoms with Crippen molar-refractivity contribution in [1.29, 1.82) is 0 Å². The highest BCUT2D eigenvalue weighted by Crippen LogP contribution is 2.22. The molecule has 0 unspecified atom stereocenters. The Morgan fingerprint density at radius 2 is 1.93 bits per heavy atom. The maximum atomic E-state index is 3.57. The molecule has 1 aromatic carbocycles. The molecule has 2 rings (SSSR count). The van der Waals surface area contributed by atoms with E-state index in [9.17, 15) is 0 Å². The van der Waals surface area contributed by atoms with Crippen molar-refractivity contribution in [2.75, 3.05) is 6.54 Å². The molecule has 1 fully saturated rings. The number of hydrogen-bond acceptors (Lipinski definition) is 1. The summed E-state index contributed by atoms with van der Waals surface area (Å²) in [6, 6.07) is 9.68. The van der Waals surface area contributed by atoms with E-state index in [1.54, 1.807) is 0 Å². The van der Waals surface area contributed by atoms with Crippen LogP contribution >= 0.6 is 12.4 Å². The van der Waals surface area contributed by atoms with Crippen molar-refractivity contribution >= 4 is 12.4 Å². The van der Waals surface area contributed by atoms with Crippen molar-refractivity contribution in [2.24, 2.45) is 0 Å². The maximum absolute atomic E-state index is 3.57. The average Bonchev–Trinajstić information content (AvgIpc) is 2.30. The Bertz CT molecular complexity index is 275. The van der Waals surface area contributed by atoms with E-state index in [-0.39, 0.29) is 12.4 Å². The van der Waals surface area contributed by atoms with Gasteiger partial charge in [-0.25, -0.2) is 0 Å². The molecular formula is C13H20ClN. The Morgan fingerprint density at radius 1 is 1.20 bits per heavy atom. The van der Waals surface area contributed by atoms with Gasteiger partial charge < -0.3 is 5.32 Å². The zero-order chi connectivity index (χ0) is 9.80. The van der Waals surface area contributed by atoms with Crippen LogP contribution < -0.4 is 5.32 Å². The van der Waals surface area contributed by atoms with Gasteiger partial charge in [-0.05, 0) is 36.9 Å². The van der Waals surface area contributed by atoms with Crippen LogP contribution in [0.15, 0.2) is 24.3 Å². The van der Waals surface area contributed by atoms with Crippen molar-refractivity contribution in [3.63, 3.8) is 0 Å². The Morgan fingerprint density at radius 3 is 2.47 bits per heavy atom. The topological polar surface area (TPSA) is 12.0 Å². The molecule has 0 aliphatic carbocycles. The van der Waals surface area contributed by atoms with Gasteiger partial charge in [-0.3, -0.25) is 0 Å². The van der Waals surface area contributed by atoms with Gasteiger partial charge in [-0.2, -0.15) is 0 Å². The third kappa shape index (κ3) is 3.22. The largest absolute Gasteiger partial charge is 0.310 e. The minimum absolute atomic E-state index is 0. The molecule has 1 heterocycles. The molecule has 1 atom stereocenters. The second-order valence-corrected chi connectivity index (χ2v) is 4.10. The van der Waals surface area contributed by atoms with Crippen LogP contribution in [-0.2, 0) is 6.42 Å². The molecule has 0 aromatic heterocycles. The lowest BCUT2D eigenvalue weighted by Gasteiger charge is -2.23.